The molecule has 0 aromatic heterocycles. The maximum absolute atomic E-state index is 3.56. The van der Waals surface area contributed by atoms with E-state index >= 15 is 0 Å². The molecular formula is C30H32SiSn. The Morgan fingerprint density at radius 1 is 0.594 bits per heavy atom. The molecule has 32 heavy (non-hydrogen) atoms. The summed E-state index contributed by atoms with van der Waals surface area (Å²) in [6.45, 7) is 7.54. The van der Waals surface area contributed by atoms with E-state index in [9.17, 15) is 0 Å². The summed E-state index contributed by atoms with van der Waals surface area (Å²) in [6.07, 6.45) is 2.69. The van der Waals surface area contributed by atoms with E-state index in [0.717, 1.165) is 5.92 Å². The van der Waals surface area contributed by atoms with Crippen LogP contribution >= 0.6 is 0 Å². The Hall–Kier alpha value is -2.10. The first-order valence-corrected chi connectivity index (χ1v) is 21.0. The zero-order valence-corrected chi connectivity index (χ0v) is 23.2. The van der Waals surface area contributed by atoms with Gasteiger partial charge in [-0.05, 0) is 0 Å². The van der Waals surface area contributed by atoms with Crippen molar-refractivity contribution in [2.24, 2.45) is 0 Å². The SMILES string of the molecule is C[Si](C)(C)c1ccc(C2CC2)c[c]1[Sn]([c]1ccccc1)([c]1ccccc1)[c]1ccccc1. The molecule has 0 spiro atoms. The van der Waals surface area contributed by atoms with Gasteiger partial charge in [0.2, 0.25) is 0 Å². The Morgan fingerprint density at radius 3 is 1.41 bits per heavy atom. The number of hydrogen-bond acceptors (Lipinski definition) is 0. The minimum atomic E-state index is -3.56. The molecule has 1 aliphatic carbocycles. The molecule has 160 valence electrons. The Bertz CT molecular complexity index is 1090. The molecule has 1 aliphatic rings. The Labute approximate surface area is 198 Å². The van der Waals surface area contributed by atoms with E-state index in [1.54, 1.807) is 25.1 Å². The summed E-state index contributed by atoms with van der Waals surface area (Å²) in [5.41, 5.74) is 1.56. The monoisotopic (exact) mass is 540 g/mol. The predicted molar refractivity (Wildman–Crippen MR) is 145 cm³/mol. The summed E-state index contributed by atoms with van der Waals surface area (Å²) in [7, 11) is -1.57. The molecule has 0 heterocycles. The van der Waals surface area contributed by atoms with Crippen LogP contribution in [0.4, 0.5) is 0 Å². The standard InChI is InChI=1S/C12H17Si.3C6H5.Sn/c1-13(2,3)12-8-6-11(7-9-12)10-4-5-10;3*1-2-4-6-5-3-1;/h6-8,10H,4-5H2,1-3H3;3*1-5H;. The van der Waals surface area contributed by atoms with Gasteiger partial charge in [-0.1, -0.05) is 0 Å². The third-order valence-corrected chi connectivity index (χ3v) is 23.4. The van der Waals surface area contributed by atoms with Crippen molar-refractivity contribution in [1.82, 2.24) is 0 Å². The molecule has 0 aliphatic heterocycles. The average molecular weight is 539 g/mol. The molecule has 5 rings (SSSR count). The normalized spacial score (nSPS) is 14.3. The van der Waals surface area contributed by atoms with Crippen molar-refractivity contribution >= 4 is 46.0 Å². The molecule has 2 heteroatoms. The Morgan fingerprint density at radius 2 is 1.03 bits per heavy atom. The molecular weight excluding hydrogens is 507 g/mol. The number of hydrogen-bond donors (Lipinski definition) is 0. The second kappa shape index (κ2) is 8.68. The van der Waals surface area contributed by atoms with E-state index in [-0.39, 0.29) is 0 Å². The van der Waals surface area contributed by atoms with Gasteiger partial charge in [-0.15, -0.1) is 0 Å². The Kier molecular flexibility index (Phi) is 5.89. The van der Waals surface area contributed by atoms with Crippen molar-refractivity contribution in [3.05, 3.63) is 115 Å². The van der Waals surface area contributed by atoms with Crippen molar-refractivity contribution in [1.29, 1.82) is 0 Å². The Balaban J connectivity index is 1.95. The first kappa shape index (κ1) is 21.7. The van der Waals surface area contributed by atoms with Crippen molar-refractivity contribution in [2.75, 3.05) is 0 Å². The van der Waals surface area contributed by atoms with Crippen LogP contribution < -0.4 is 19.5 Å². The van der Waals surface area contributed by atoms with Gasteiger partial charge in [-0.2, -0.15) is 0 Å². The van der Waals surface area contributed by atoms with E-state index in [1.807, 2.05) is 0 Å². The van der Waals surface area contributed by atoms with Gasteiger partial charge in [-0.3, -0.25) is 0 Å². The van der Waals surface area contributed by atoms with E-state index in [1.165, 1.54) is 12.8 Å². The van der Waals surface area contributed by atoms with Crippen molar-refractivity contribution in [3.8, 4) is 0 Å². The maximum atomic E-state index is 2.66. The molecule has 0 bridgehead atoms. The van der Waals surface area contributed by atoms with Crippen LogP contribution in [-0.4, -0.2) is 26.5 Å². The van der Waals surface area contributed by atoms with Crippen LogP contribution in [0.5, 0.6) is 0 Å². The summed E-state index contributed by atoms with van der Waals surface area (Å²) >= 11 is -3.56. The van der Waals surface area contributed by atoms with Gasteiger partial charge < -0.3 is 0 Å². The van der Waals surface area contributed by atoms with Gasteiger partial charge in [-0.25, -0.2) is 0 Å². The number of rotatable bonds is 6. The second-order valence-electron chi connectivity index (χ2n) is 10.2. The molecule has 0 radical (unpaired) electrons. The van der Waals surface area contributed by atoms with Crippen LogP contribution in [0.15, 0.2) is 109 Å². The van der Waals surface area contributed by atoms with E-state index in [2.05, 4.69) is 129 Å². The van der Waals surface area contributed by atoms with Gasteiger partial charge >= 0.3 is 199 Å². The van der Waals surface area contributed by atoms with E-state index < -0.39 is 26.5 Å². The fraction of sp³-hybridized carbons (Fsp3) is 0.200. The zero-order chi connectivity index (χ0) is 22.2. The van der Waals surface area contributed by atoms with Crippen LogP contribution in [0.25, 0.3) is 0 Å². The van der Waals surface area contributed by atoms with Crippen molar-refractivity contribution < 1.29 is 0 Å². The van der Waals surface area contributed by atoms with Gasteiger partial charge in [0.25, 0.3) is 0 Å². The predicted octanol–water partition coefficient (Wildman–Crippen LogP) is 4.49. The van der Waals surface area contributed by atoms with Crippen molar-refractivity contribution in [2.45, 2.75) is 38.4 Å². The molecule has 0 nitrogen and oxygen atoms in total. The van der Waals surface area contributed by atoms with Crippen molar-refractivity contribution in [3.63, 3.8) is 0 Å². The van der Waals surface area contributed by atoms with Gasteiger partial charge in [0.1, 0.15) is 0 Å². The molecule has 4 aromatic rings. The first-order chi connectivity index (χ1) is 15.5. The minimum absolute atomic E-state index is 0.760. The van der Waals surface area contributed by atoms with Crippen LogP contribution in [0.3, 0.4) is 0 Å². The fourth-order valence-corrected chi connectivity index (χ4v) is 25.1. The third kappa shape index (κ3) is 3.90. The van der Waals surface area contributed by atoms with Crippen LogP contribution in [0.1, 0.15) is 24.3 Å². The summed E-state index contributed by atoms with van der Waals surface area (Å²) in [4.78, 5) is 0. The molecule has 0 N–H and O–H groups in total. The summed E-state index contributed by atoms with van der Waals surface area (Å²) < 4.78 is 6.33. The van der Waals surface area contributed by atoms with Crippen LogP contribution in [0, 0.1) is 0 Å². The molecule has 0 saturated heterocycles. The number of benzene rings is 4. The molecule has 1 saturated carbocycles. The topological polar surface area (TPSA) is 0 Å². The summed E-state index contributed by atoms with van der Waals surface area (Å²) in [5.74, 6) is 0.760. The molecule has 4 aromatic carbocycles. The quantitative estimate of drug-likeness (QED) is 0.317. The summed E-state index contributed by atoms with van der Waals surface area (Å²) in [5, 5.41) is 1.65. The van der Waals surface area contributed by atoms with Gasteiger partial charge in [0.05, 0.1) is 0 Å². The first-order valence-electron chi connectivity index (χ1n) is 11.8. The van der Waals surface area contributed by atoms with Crippen LogP contribution in [-0.2, 0) is 0 Å². The molecule has 0 amide bonds. The average Bonchev–Trinajstić information content (AvgIpc) is 3.67. The van der Waals surface area contributed by atoms with Gasteiger partial charge in [0.15, 0.2) is 0 Å². The second-order valence-corrected chi connectivity index (χ2v) is 26.0. The molecule has 0 atom stereocenters. The third-order valence-electron chi connectivity index (χ3n) is 6.92. The van der Waals surface area contributed by atoms with Crippen LogP contribution in [0.2, 0.25) is 19.6 Å². The summed E-state index contributed by atoms with van der Waals surface area (Å²) in [6, 6.07) is 42.0. The van der Waals surface area contributed by atoms with E-state index in [4.69, 9.17) is 0 Å². The van der Waals surface area contributed by atoms with E-state index in [0.29, 0.717) is 0 Å². The van der Waals surface area contributed by atoms with Gasteiger partial charge in [0, 0.05) is 0 Å². The molecule has 0 unspecified atom stereocenters. The zero-order valence-electron chi connectivity index (χ0n) is 19.4. The molecule has 1 fully saturated rings. The fourth-order valence-electron chi connectivity index (χ4n) is 5.23.